The topological polar surface area (TPSA) is 138 Å². The van der Waals surface area contributed by atoms with Gasteiger partial charge < -0.3 is 40.1 Å². The standard InChI is InChI=1S/C43H54ClF3N6O6/c1-3-4-5-8-25-58-41(56)32-11-13-33(14-12-32)50-21-23-51(24-22-50)40(55)38(28-30-26-35(43(45,46)47)39(48)36(44)27-30)59-42(57)52-19-16-34(17-20-52)53(29-54)18-15-31-9-6-7-10-37(31)49-2/h6-7,9-14,26-27,29,34,38,49H,3-5,8,15-25,28,48H2,1-2H3/t38-/m1/s1. The Labute approximate surface area is 348 Å². The molecule has 3 aromatic carbocycles. The molecule has 0 aliphatic carbocycles. The number of nitrogens with two attached hydrogens (primary N) is 1. The van der Waals surface area contributed by atoms with Crippen molar-refractivity contribution in [2.24, 2.45) is 0 Å². The largest absolute Gasteiger partial charge is 0.462 e. The number of alkyl halides is 3. The summed E-state index contributed by atoms with van der Waals surface area (Å²) in [5.41, 5.74) is 7.26. The number of carbonyl (C=O) groups excluding carboxylic acids is 4. The Morgan fingerprint density at radius 3 is 2.31 bits per heavy atom. The van der Waals surface area contributed by atoms with Crippen molar-refractivity contribution in [2.75, 3.05) is 75.4 Å². The number of benzene rings is 3. The van der Waals surface area contributed by atoms with E-state index in [1.807, 2.05) is 48.3 Å². The number of amides is 3. The molecule has 0 bridgehead atoms. The molecule has 0 spiro atoms. The molecular weight excluding hydrogens is 789 g/mol. The van der Waals surface area contributed by atoms with Crippen LogP contribution in [0.25, 0.3) is 0 Å². The summed E-state index contributed by atoms with van der Waals surface area (Å²) in [5, 5.41) is 2.83. The van der Waals surface area contributed by atoms with Crippen LogP contribution in [0.4, 0.5) is 35.0 Å². The van der Waals surface area contributed by atoms with Gasteiger partial charge in [-0.2, -0.15) is 13.2 Å². The molecule has 2 saturated heterocycles. The van der Waals surface area contributed by atoms with Crippen molar-refractivity contribution in [1.29, 1.82) is 0 Å². The summed E-state index contributed by atoms with van der Waals surface area (Å²) in [7, 11) is 1.84. The van der Waals surface area contributed by atoms with Gasteiger partial charge in [0.05, 0.1) is 28.4 Å². The summed E-state index contributed by atoms with van der Waals surface area (Å²) in [4.78, 5) is 59.1. The van der Waals surface area contributed by atoms with Crippen LogP contribution in [0, 0.1) is 0 Å². The lowest BCUT2D eigenvalue weighted by Gasteiger charge is -2.38. The number of anilines is 3. The predicted octanol–water partition coefficient (Wildman–Crippen LogP) is 7.28. The van der Waals surface area contributed by atoms with E-state index in [-0.39, 0.29) is 55.2 Å². The maximum atomic E-state index is 14.1. The summed E-state index contributed by atoms with van der Waals surface area (Å²) < 4.78 is 52.9. The molecule has 0 unspecified atom stereocenters. The number of hydrogen-bond acceptors (Lipinski definition) is 9. The number of carbonyl (C=O) groups is 4. The molecule has 2 heterocycles. The molecule has 0 aromatic heterocycles. The molecule has 5 rings (SSSR count). The van der Waals surface area contributed by atoms with E-state index in [1.54, 1.807) is 17.0 Å². The van der Waals surface area contributed by atoms with Gasteiger partial charge in [0.1, 0.15) is 0 Å². The van der Waals surface area contributed by atoms with E-state index in [0.717, 1.165) is 55.1 Å². The number of para-hydroxylation sites is 1. The number of likely N-dealkylation sites (tertiary alicyclic amines) is 1. The Hall–Kier alpha value is -5.18. The third kappa shape index (κ3) is 12.2. The fourth-order valence-electron chi connectivity index (χ4n) is 7.52. The Morgan fingerprint density at radius 2 is 1.66 bits per heavy atom. The van der Waals surface area contributed by atoms with Crippen LogP contribution >= 0.6 is 11.6 Å². The third-order valence-electron chi connectivity index (χ3n) is 11.0. The minimum Gasteiger partial charge on any atom is -0.462 e. The SMILES string of the molecule is CCCCCCOC(=O)c1ccc(N2CCN(C(=O)[C@@H](Cc3cc(Cl)c(N)c(C(F)(F)F)c3)OC(=O)N3CCC(N(C=O)CCc4ccccc4NC)CC3)CC2)cc1. The maximum absolute atomic E-state index is 14.1. The Morgan fingerprint density at radius 1 is 0.966 bits per heavy atom. The number of nitrogens with zero attached hydrogens (tertiary/aromatic N) is 4. The molecule has 320 valence electrons. The lowest BCUT2D eigenvalue weighted by Crippen LogP contribution is -2.53. The smallest absolute Gasteiger partial charge is 0.418 e. The Bertz CT molecular complexity index is 1880. The highest BCUT2D eigenvalue weighted by atomic mass is 35.5. The fraction of sp³-hybridized carbons (Fsp3) is 0.488. The molecule has 2 aliphatic rings. The van der Waals surface area contributed by atoms with E-state index < -0.39 is 35.5 Å². The number of halogens is 4. The predicted molar refractivity (Wildman–Crippen MR) is 222 cm³/mol. The molecular formula is C43H54ClF3N6O6. The van der Waals surface area contributed by atoms with Crippen molar-refractivity contribution in [3.63, 3.8) is 0 Å². The molecule has 0 radical (unpaired) electrons. The van der Waals surface area contributed by atoms with Crippen LogP contribution in [0.1, 0.15) is 72.5 Å². The second-order valence-electron chi connectivity index (χ2n) is 14.9. The van der Waals surface area contributed by atoms with Gasteiger partial charge in [-0.25, -0.2) is 9.59 Å². The second kappa shape index (κ2) is 21.2. The van der Waals surface area contributed by atoms with E-state index in [1.165, 1.54) is 15.9 Å². The number of unbranched alkanes of at least 4 members (excludes halogenated alkanes) is 3. The zero-order valence-electron chi connectivity index (χ0n) is 33.6. The van der Waals surface area contributed by atoms with E-state index >= 15 is 0 Å². The zero-order valence-corrected chi connectivity index (χ0v) is 34.4. The number of esters is 1. The summed E-state index contributed by atoms with van der Waals surface area (Å²) in [5.74, 6) is -0.941. The summed E-state index contributed by atoms with van der Waals surface area (Å²) in [6.07, 6.45) is -0.985. The molecule has 2 aliphatic heterocycles. The maximum Gasteiger partial charge on any atom is 0.418 e. The third-order valence-corrected chi connectivity index (χ3v) is 11.3. The second-order valence-corrected chi connectivity index (χ2v) is 15.3. The monoisotopic (exact) mass is 842 g/mol. The number of nitrogen functional groups attached to an aromatic ring is 1. The van der Waals surface area contributed by atoms with Gasteiger partial charge in [0.25, 0.3) is 5.91 Å². The normalized spacial score (nSPS) is 15.4. The van der Waals surface area contributed by atoms with Crippen molar-refractivity contribution >= 4 is 53.0 Å². The summed E-state index contributed by atoms with van der Waals surface area (Å²) in [6, 6.07) is 16.9. The molecule has 59 heavy (non-hydrogen) atoms. The number of piperazine rings is 1. The average molecular weight is 843 g/mol. The lowest BCUT2D eigenvalue weighted by atomic mass is 10.0. The molecule has 12 nitrogen and oxygen atoms in total. The van der Waals surface area contributed by atoms with Crippen LogP contribution in [0.15, 0.2) is 60.7 Å². The molecule has 3 amide bonds. The average Bonchev–Trinajstić information content (AvgIpc) is 3.24. The quantitative estimate of drug-likeness (QED) is 0.0622. The first-order chi connectivity index (χ1) is 28.3. The van der Waals surface area contributed by atoms with Crippen LogP contribution in [-0.4, -0.2) is 111 Å². The van der Waals surface area contributed by atoms with E-state index in [9.17, 15) is 32.3 Å². The number of rotatable bonds is 17. The molecule has 0 saturated carbocycles. The van der Waals surface area contributed by atoms with Gasteiger partial charge in [0, 0.05) is 76.7 Å². The number of ether oxygens (including phenoxy) is 2. The Balaban J connectivity index is 1.22. The van der Waals surface area contributed by atoms with Gasteiger partial charge in [0.2, 0.25) is 6.41 Å². The van der Waals surface area contributed by atoms with E-state index in [0.29, 0.717) is 51.1 Å². The van der Waals surface area contributed by atoms with Crippen molar-refractivity contribution in [3.8, 4) is 0 Å². The number of hydrogen-bond donors (Lipinski definition) is 2. The minimum absolute atomic E-state index is 0.0288. The van der Waals surface area contributed by atoms with Gasteiger partial charge in [-0.05, 0) is 79.3 Å². The van der Waals surface area contributed by atoms with E-state index in [2.05, 4.69) is 12.2 Å². The van der Waals surface area contributed by atoms with Gasteiger partial charge in [-0.3, -0.25) is 9.59 Å². The van der Waals surface area contributed by atoms with Gasteiger partial charge >= 0.3 is 18.2 Å². The van der Waals surface area contributed by atoms with Crippen molar-refractivity contribution in [1.82, 2.24) is 14.7 Å². The first-order valence-corrected chi connectivity index (χ1v) is 20.6. The van der Waals surface area contributed by atoms with Crippen LogP contribution in [0.3, 0.4) is 0 Å². The fourth-order valence-corrected chi connectivity index (χ4v) is 7.77. The molecule has 3 N–H and O–H groups in total. The van der Waals surface area contributed by atoms with Crippen LogP contribution in [0.2, 0.25) is 5.02 Å². The van der Waals surface area contributed by atoms with Crippen LogP contribution in [-0.2, 0) is 38.1 Å². The number of piperidine rings is 1. The zero-order chi connectivity index (χ0) is 42.5. The lowest BCUT2D eigenvalue weighted by molar-refractivity contribution is -0.141. The molecule has 16 heteroatoms. The molecule has 3 aromatic rings. The van der Waals surface area contributed by atoms with Gasteiger partial charge in [0.15, 0.2) is 6.10 Å². The van der Waals surface area contributed by atoms with Crippen molar-refractivity contribution in [2.45, 2.75) is 76.6 Å². The van der Waals surface area contributed by atoms with Crippen LogP contribution < -0.4 is 16.0 Å². The summed E-state index contributed by atoms with van der Waals surface area (Å²) in [6.45, 7) is 4.81. The summed E-state index contributed by atoms with van der Waals surface area (Å²) >= 11 is 6.13. The van der Waals surface area contributed by atoms with Crippen molar-refractivity contribution in [3.05, 3.63) is 87.9 Å². The Kier molecular flexibility index (Phi) is 16.1. The molecule has 1 atom stereocenters. The molecule has 2 fully saturated rings. The van der Waals surface area contributed by atoms with Crippen molar-refractivity contribution < 1.29 is 41.8 Å². The first kappa shape index (κ1) is 44.9. The highest BCUT2D eigenvalue weighted by molar-refractivity contribution is 6.33. The highest BCUT2D eigenvalue weighted by Crippen LogP contribution is 2.38. The minimum atomic E-state index is -4.81. The number of nitrogens with one attached hydrogen (secondary N) is 1. The van der Waals surface area contributed by atoms with Crippen LogP contribution in [0.5, 0.6) is 0 Å². The van der Waals surface area contributed by atoms with Gasteiger partial charge in [-0.1, -0.05) is 56.0 Å². The van der Waals surface area contributed by atoms with E-state index in [4.69, 9.17) is 26.8 Å². The van der Waals surface area contributed by atoms with Gasteiger partial charge in [-0.15, -0.1) is 0 Å². The highest BCUT2D eigenvalue weighted by Gasteiger charge is 2.37. The first-order valence-electron chi connectivity index (χ1n) is 20.2.